The number of nitrogens with one attached hydrogen (secondary N) is 2. The average Bonchev–Trinajstić information content (AvgIpc) is 2.74. The molecule has 1 aliphatic heterocycles. The maximum absolute atomic E-state index is 12.5. The fourth-order valence-electron chi connectivity index (χ4n) is 3.42. The summed E-state index contributed by atoms with van der Waals surface area (Å²) in [5.41, 5.74) is 2.78. The molecule has 6 nitrogen and oxygen atoms in total. The molecule has 1 heterocycles. The van der Waals surface area contributed by atoms with Crippen molar-refractivity contribution in [1.82, 2.24) is 14.9 Å². The molecule has 3 rings (SSSR count). The van der Waals surface area contributed by atoms with E-state index in [1.807, 2.05) is 18.2 Å². The standard InChI is InChI=1S/C21H27N3O3S/c1-22-28(26,27)20-11-9-17(10-12-20)21(25)23-15-18-7-3-4-8-19(18)16-24-13-5-2-6-14-24/h3-4,7-12,22H,2,5-6,13-16H2,1H3,(H,23,25). The van der Waals surface area contributed by atoms with E-state index in [-0.39, 0.29) is 10.8 Å². The van der Waals surface area contributed by atoms with E-state index in [0.29, 0.717) is 12.1 Å². The van der Waals surface area contributed by atoms with Crippen LogP contribution < -0.4 is 10.0 Å². The summed E-state index contributed by atoms with van der Waals surface area (Å²) < 4.78 is 25.8. The third-order valence-corrected chi connectivity index (χ3v) is 6.53. The average molecular weight is 402 g/mol. The Kier molecular flexibility index (Phi) is 6.83. The molecule has 1 amide bonds. The van der Waals surface area contributed by atoms with Crippen LogP contribution in [0.3, 0.4) is 0 Å². The molecule has 0 atom stereocenters. The lowest BCUT2D eigenvalue weighted by Gasteiger charge is -2.27. The van der Waals surface area contributed by atoms with E-state index in [0.717, 1.165) is 25.2 Å². The van der Waals surface area contributed by atoms with Gasteiger partial charge in [-0.3, -0.25) is 9.69 Å². The van der Waals surface area contributed by atoms with Crippen molar-refractivity contribution >= 4 is 15.9 Å². The zero-order valence-corrected chi connectivity index (χ0v) is 17.0. The number of hydrogen-bond donors (Lipinski definition) is 2. The van der Waals surface area contributed by atoms with E-state index < -0.39 is 10.0 Å². The molecule has 1 fully saturated rings. The normalized spacial score (nSPS) is 15.3. The van der Waals surface area contributed by atoms with Crippen molar-refractivity contribution in [1.29, 1.82) is 0 Å². The highest BCUT2D eigenvalue weighted by molar-refractivity contribution is 7.89. The number of rotatable bonds is 7. The third kappa shape index (κ3) is 5.19. The smallest absolute Gasteiger partial charge is 0.251 e. The summed E-state index contributed by atoms with van der Waals surface area (Å²) in [4.78, 5) is 15.1. The number of carbonyl (C=O) groups excluding carboxylic acids is 1. The molecule has 2 aromatic carbocycles. The molecule has 0 aromatic heterocycles. The van der Waals surface area contributed by atoms with E-state index in [1.165, 1.54) is 56.1 Å². The van der Waals surface area contributed by atoms with Gasteiger partial charge in [0.15, 0.2) is 0 Å². The second kappa shape index (κ2) is 9.32. The van der Waals surface area contributed by atoms with Gasteiger partial charge in [-0.05, 0) is 68.4 Å². The van der Waals surface area contributed by atoms with Gasteiger partial charge in [-0.2, -0.15) is 0 Å². The van der Waals surface area contributed by atoms with Gasteiger partial charge >= 0.3 is 0 Å². The van der Waals surface area contributed by atoms with Crippen LogP contribution in [0.15, 0.2) is 53.4 Å². The largest absolute Gasteiger partial charge is 0.348 e. The number of carbonyl (C=O) groups is 1. The number of hydrogen-bond acceptors (Lipinski definition) is 4. The van der Waals surface area contributed by atoms with Crippen molar-refractivity contribution in [3.05, 3.63) is 65.2 Å². The summed E-state index contributed by atoms with van der Waals surface area (Å²) >= 11 is 0. The second-order valence-electron chi connectivity index (χ2n) is 7.02. The topological polar surface area (TPSA) is 78.5 Å². The van der Waals surface area contributed by atoms with Gasteiger partial charge in [0.1, 0.15) is 0 Å². The molecule has 7 heteroatoms. The van der Waals surface area contributed by atoms with Crippen LogP contribution in [0.2, 0.25) is 0 Å². The Morgan fingerprint density at radius 3 is 2.25 bits per heavy atom. The van der Waals surface area contributed by atoms with Gasteiger partial charge in [0, 0.05) is 18.7 Å². The van der Waals surface area contributed by atoms with Crippen LogP contribution in [-0.2, 0) is 23.1 Å². The molecular weight excluding hydrogens is 374 g/mol. The molecule has 0 spiro atoms. The number of nitrogens with zero attached hydrogens (tertiary/aromatic N) is 1. The van der Waals surface area contributed by atoms with Crippen LogP contribution in [0.4, 0.5) is 0 Å². The van der Waals surface area contributed by atoms with Crippen molar-refractivity contribution in [3.63, 3.8) is 0 Å². The molecular formula is C21H27N3O3S. The third-order valence-electron chi connectivity index (χ3n) is 5.10. The minimum absolute atomic E-state index is 0.137. The van der Waals surface area contributed by atoms with Gasteiger partial charge in [0.05, 0.1) is 4.90 Å². The van der Waals surface area contributed by atoms with Crippen LogP contribution in [-0.4, -0.2) is 39.4 Å². The van der Waals surface area contributed by atoms with Gasteiger partial charge in [-0.25, -0.2) is 13.1 Å². The SMILES string of the molecule is CNS(=O)(=O)c1ccc(C(=O)NCc2ccccc2CN2CCCCC2)cc1. The minimum Gasteiger partial charge on any atom is -0.348 e. The lowest BCUT2D eigenvalue weighted by molar-refractivity contribution is 0.0950. The maximum Gasteiger partial charge on any atom is 0.251 e. The van der Waals surface area contributed by atoms with E-state index in [1.54, 1.807) is 0 Å². The lowest BCUT2D eigenvalue weighted by atomic mass is 10.0. The number of piperidine rings is 1. The first-order chi connectivity index (χ1) is 13.5. The Morgan fingerprint density at radius 1 is 0.964 bits per heavy atom. The summed E-state index contributed by atoms with van der Waals surface area (Å²) in [6, 6.07) is 14.1. The number of benzene rings is 2. The van der Waals surface area contributed by atoms with Crippen LogP contribution >= 0.6 is 0 Å². The number of sulfonamides is 1. The first-order valence-corrected chi connectivity index (χ1v) is 11.1. The Bertz CT molecular complexity index is 905. The first kappa shape index (κ1) is 20.5. The van der Waals surface area contributed by atoms with Gasteiger partial charge in [0.2, 0.25) is 10.0 Å². The maximum atomic E-state index is 12.5. The van der Waals surface area contributed by atoms with Crippen molar-refractivity contribution < 1.29 is 13.2 Å². The van der Waals surface area contributed by atoms with E-state index >= 15 is 0 Å². The van der Waals surface area contributed by atoms with Crippen molar-refractivity contribution in [2.24, 2.45) is 0 Å². The monoisotopic (exact) mass is 401 g/mol. The van der Waals surface area contributed by atoms with Crippen LogP contribution in [0.25, 0.3) is 0 Å². The fraction of sp³-hybridized carbons (Fsp3) is 0.381. The summed E-state index contributed by atoms with van der Waals surface area (Å²) in [5, 5.41) is 2.94. The summed E-state index contributed by atoms with van der Waals surface area (Å²) in [6.07, 6.45) is 3.80. The van der Waals surface area contributed by atoms with E-state index in [4.69, 9.17) is 0 Å². The summed E-state index contributed by atoms with van der Waals surface area (Å²) in [6.45, 7) is 3.60. The molecule has 1 saturated heterocycles. The number of amides is 1. The highest BCUT2D eigenvalue weighted by Gasteiger charge is 2.14. The predicted octanol–water partition coefficient (Wildman–Crippen LogP) is 2.51. The van der Waals surface area contributed by atoms with Gasteiger partial charge in [0.25, 0.3) is 5.91 Å². The summed E-state index contributed by atoms with van der Waals surface area (Å²) in [5.74, 6) is -0.221. The number of likely N-dealkylation sites (tertiary alicyclic amines) is 1. The molecule has 0 unspecified atom stereocenters. The fourth-order valence-corrected chi connectivity index (χ4v) is 4.15. The molecule has 28 heavy (non-hydrogen) atoms. The Morgan fingerprint density at radius 2 is 1.61 bits per heavy atom. The lowest BCUT2D eigenvalue weighted by Crippen LogP contribution is -2.30. The van der Waals surface area contributed by atoms with Crippen LogP contribution in [0.1, 0.15) is 40.7 Å². The van der Waals surface area contributed by atoms with Gasteiger partial charge < -0.3 is 5.32 Å². The molecule has 2 N–H and O–H groups in total. The zero-order chi connectivity index (χ0) is 20.0. The Labute approximate surface area is 167 Å². The van der Waals surface area contributed by atoms with E-state index in [2.05, 4.69) is 21.0 Å². The molecule has 0 aliphatic carbocycles. The van der Waals surface area contributed by atoms with Gasteiger partial charge in [-0.15, -0.1) is 0 Å². The molecule has 0 saturated carbocycles. The Hall–Kier alpha value is -2.22. The molecule has 150 valence electrons. The highest BCUT2D eigenvalue weighted by atomic mass is 32.2. The minimum atomic E-state index is -3.50. The van der Waals surface area contributed by atoms with Crippen molar-refractivity contribution in [2.45, 2.75) is 37.2 Å². The predicted molar refractivity (Wildman–Crippen MR) is 109 cm³/mol. The highest BCUT2D eigenvalue weighted by Crippen LogP contribution is 2.16. The summed E-state index contributed by atoms with van der Waals surface area (Å²) in [7, 11) is -2.14. The zero-order valence-electron chi connectivity index (χ0n) is 16.1. The van der Waals surface area contributed by atoms with Crippen molar-refractivity contribution in [2.75, 3.05) is 20.1 Å². The molecule has 2 aromatic rings. The second-order valence-corrected chi connectivity index (χ2v) is 8.91. The van der Waals surface area contributed by atoms with Crippen LogP contribution in [0.5, 0.6) is 0 Å². The van der Waals surface area contributed by atoms with Gasteiger partial charge in [-0.1, -0.05) is 30.7 Å². The van der Waals surface area contributed by atoms with Crippen molar-refractivity contribution in [3.8, 4) is 0 Å². The quantitative estimate of drug-likeness (QED) is 0.747. The van der Waals surface area contributed by atoms with E-state index in [9.17, 15) is 13.2 Å². The first-order valence-electron chi connectivity index (χ1n) is 9.60. The molecule has 0 radical (unpaired) electrons. The molecule has 1 aliphatic rings. The Balaban J connectivity index is 1.63. The molecule has 0 bridgehead atoms. The van der Waals surface area contributed by atoms with Crippen LogP contribution in [0, 0.1) is 0 Å².